The van der Waals surface area contributed by atoms with Crippen LogP contribution in [0.3, 0.4) is 0 Å². The van der Waals surface area contributed by atoms with Crippen molar-refractivity contribution in [3.63, 3.8) is 0 Å². The van der Waals surface area contributed by atoms with Crippen molar-refractivity contribution >= 4 is 5.96 Å². The van der Waals surface area contributed by atoms with Gasteiger partial charge in [0.15, 0.2) is 5.96 Å². The van der Waals surface area contributed by atoms with Crippen LogP contribution in [0.25, 0.3) is 0 Å². The van der Waals surface area contributed by atoms with E-state index in [4.69, 9.17) is 4.74 Å². The molecule has 22 heavy (non-hydrogen) atoms. The quantitative estimate of drug-likeness (QED) is 0.464. The van der Waals surface area contributed by atoms with Gasteiger partial charge in [0.2, 0.25) is 0 Å². The first-order valence-electron chi connectivity index (χ1n) is 7.35. The maximum atomic E-state index is 5.22. The van der Waals surface area contributed by atoms with E-state index < -0.39 is 0 Å². The van der Waals surface area contributed by atoms with Crippen LogP contribution in [-0.4, -0.2) is 36.2 Å². The van der Waals surface area contributed by atoms with E-state index in [1.807, 2.05) is 30.7 Å². The molecule has 0 amide bonds. The lowest BCUT2D eigenvalue weighted by Crippen LogP contribution is -2.37. The van der Waals surface area contributed by atoms with Gasteiger partial charge in [-0.05, 0) is 24.1 Å². The average Bonchev–Trinajstić information content (AvgIpc) is 3.08. The molecule has 0 saturated carbocycles. The van der Waals surface area contributed by atoms with Crippen LogP contribution in [0.2, 0.25) is 0 Å². The van der Waals surface area contributed by atoms with Crippen LogP contribution in [0, 0.1) is 0 Å². The molecular formula is C16H23N5O. The highest BCUT2D eigenvalue weighted by molar-refractivity contribution is 5.79. The van der Waals surface area contributed by atoms with Gasteiger partial charge in [-0.25, -0.2) is 4.98 Å². The number of hydrogen-bond donors (Lipinski definition) is 2. The molecule has 0 unspecified atom stereocenters. The van der Waals surface area contributed by atoms with Crippen molar-refractivity contribution in [1.82, 2.24) is 20.2 Å². The first-order valence-corrected chi connectivity index (χ1v) is 7.35. The zero-order valence-corrected chi connectivity index (χ0v) is 13.1. The lowest BCUT2D eigenvalue weighted by atomic mass is 10.2. The Balaban J connectivity index is 1.70. The SMILES string of the molecule is CN=C(NCCCn1ccnc1)NCc1cccc(OC)c1. The molecule has 0 radical (unpaired) electrons. The molecule has 0 aliphatic carbocycles. The van der Waals surface area contributed by atoms with Gasteiger partial charge in [0.1, 0.15) is 5.75 Å². The first kappa shape index (κ1) is 15.9. The molecule has 118 valence electrons. The highest BCUT2D eigenvalue weighted by Gasteiger charge is 1.99. The van der Waals surface area contributed by atoms with Gasteiger partial charge in [-0.15, -0.1) is 0 Å². The van der Waals surface area contributed by atoms with E-state index in [-0.39, 0.29) is 0 Å². The molecule has 0 aliphatic rings. The Morgan fingerprint density at radius 3 is 3.00 bits per heavy atom. The summed E-state index contributed by atoms with van der Waals surface area (Å²) in [6.07, 6.45) is 6.60. The van der Waals surface area contributed by atoms with Crippen molar-refractivity contribution in [2.24, 2.45) is 4.99 Å². The molecule has 1 aromatic carbocycles. The number of aromatic nitrogens is 2. The van der Waals surface area contributed by atoms with Crippen molar-refractivity contribution in [2.75, 3.05) is 20.7 Å². The smallest absolute Gasteiger partial charge is 0.191 e. The summed E-state index contributed by atoms with van der Waals surface area (Å²) in [4.78, 5) is 8.25. The second-order valence-electron chi connectivity index (χ2n) is 4.86. The summed E-state index contributed by atoms with van der Waals surface area (Å²) in [7, 11) is 3.45. The Hall–Kier alpha value is -2.50. The van der Waals surface area contributed by atoms with Crippen LogP contribution in [0.1, 0.15) is 12.0 Å². The molecule has 0 atom stereocenters. The number of aliphatic imine (C=N–C) groups is 1. The second-order valence-corrected chi connectivity index (χ2v) is 4.86. The van der Waals surface area contributed by atoms with E-state index in [2.05, 4.69) is 31.2 Å². The Bertz CT molecular complexity index is 580. The summed E-state index contributed by atoms with van der Waals surface area (Å²) in [6, 6.07) is 7.99. The fourth-order valence-corrected chi connectivity index (χ4v) is 2.08. The van der Waals surface area contributed by atoms with Gasteiger partial charge >= 0.3 is 0 Å². The third kappa shape index (κ3) is 5.12. The molecular weight excluding hydrogens is 278 g/mol. The summed E-state index contributed by atoms with van der Waals surface area (Å²) in [5.41, 5.74) is 1.15. The molecule has 1 heterocycles. The van der Waals surface area contributed by atoms with Gasteiger partial charge in [0, 0.05) is 39.1 Å². The standard InChI is InChI=1S/C16H23N5O/c1-17-16(19-7-4-9-21-10-8-18-13-21)20-12-14-5-3-6-15(11-14)22-2/h3,5-6,8,10-11,13H,4,7,9,12H2,1-2H3,(H2,17,19,20). The van der Waals surface area contributed by atoms with Crippen molar-refractivity contribution in [1.29, 1.82) is 0 Å². The minimum atomic E-state index is 0.707. The predicted molar refractivity (Wildman–Crippen MR) is 88.0 cm³/mol. The van der Waals surface area contributed by atoms with E-state index >= 15 is 0 Å². The monoisotopic (exact) mass is 301 g/mol. The lowest BCUT2D eigenvalue weighted by Gasteiger charge is -2.12. The summed E-state index contributed by atoms with van der Waals surface area (Å²) >= 11 is 0. The molecule has 2 aromatic rings. The van der Waals surface area contributed by atoms with E-state index in [1.54, 1.807) is 20.4 Å². The Morgan fingerprint density at radius 1 is 1.36 bits per heavy atom. The number of benzene rings is 1. The number of nitrogens with one attached hydrogen (secondary N) is 2. The number of aryl methyl sites for hydroxylation is 1. The summed E-state index contributed by atoms with van der Waals surface area (Å²) in [5, 5.41) is 6.60. The van der Waals surface area contributed by atoms with Crippen molar-refractivity contribution in [3.05, 3.63) is 48.5 Å². The summed E-state index contributed by atoms with van der Waals surface area (Å²) in [5.74, 6) is 1.66. The maximum absolute atomic E-state index is 5.22. The Labute approximate surface area is 131 Å². The third-order valence-corrected chi connectivity index (χ3v) is 3.26. The normalized spacial score (nSPS) is 11.3. The van der Waals surface area contributed by atoms with Gasteiger partial charge in [0.05, 0.1) is 13.4 Å². The van der Waals surface area contributed by atoms with Crippen molar-refractivity contribution in [2.45, 2.75) is 19.5 Å². The third-order valence-electron chi connectivity index (χ3n) is 3.26. The zero-order chi connectivity index (χ0) is 15.6. The van der Waals surface area contributed by atoms with Gasteiger partial charge in [0.25, 0.3) is 0 Å². The summed E-state index contributed by atoms with van der Waals surface area (Å²) < 4.78 is 7.29. The Kier molecular flexibility index (Phi) is 6.29. The van der Waals surface area contributed by atoms with E-state index in [9.17, 15) is 0 Å². The lowest BCUT2D eigenvalue weighted by molar-refractivity contribution is 0.414. The van der Waals surface area contributed by atoms with Crippen LogP contribution >= 0.6 is 0 Å². The molecule has 0 saturated heterocycles. The van der Waals surface area contributed by atoms with E-state index in [1.165, 1.54) is 0 Å². The number of guanidine groups is 1. The Morgan fingerprint density at radius 2 is 2.27 bits per heavy atom. The van der Waals surface area contributed by atoms with Gasteiger partial charge in [-0.2, -0.15) is 0 Å². The van der Waals surface area contributed by atoms with E-state index in [0.29, 0.717) is 6.54 Å². The maximum Gasteiger partial charge on any atom is 0.191 e. The predicted octanol–water partition coefficient (Wildman–Crippen LogP) is 1.65. The van der Waals surface area contributed by atoms with Crippen LogP contribution in [0.5, 0.6) is 5.75 Å². The van der Waals surface area contributed by atoms with Crippen molar-refractivity contribution in [3.8, 4) is 5.75 Å². The van der Waals surface area contributed by atoms with Gasteiger partial charge in [-0.1, -0.05) is 12.1 Å². The van der Waals surface area contributed by atoms with E-state index in [0.717, 1.165) is 36.8 Å². The van der Waals surface area contributed by atoms with Gasteiger partial charge < -0.3 is 19.9 Å². The molecule has 0 spiro atoms. The van der Waals surface area contributed by atoms with Crippen LogP contribution in [0.15, 0.2) is 48.0 Å². The molecule has 2 rings (SSSR count). The van der Waals surface area contributed by atoms with Crippen LogP contribution in [-0.2, 0) is 13.1 Å². The average molecular weight is 301 g/mol. The van der Waals surface area contributed by atoms with Gasteiger partial charge in [-0.3, -0.25) is 4.99 Å². The first-order chi connectivity index (χ1) is 10.8. The fourth-order valence-electron chi connectivity index (χ4n) is 2.08. The van der Waals surface area contributed by atoms with Crippen LogP contribution in [0.4, 0.5) is 0 Å². The number of imidazole rings is 1. The molecule has 6 nitrogen and oxygen atoms in total. The minimum absolute atomic E-state index is 0.707. The fraction of sp³-hybridized carbons (Fsp3) is 0.375. The number of methoxy groups -OCH3 is 1. The molecule has 2 N–H and O–H groups in total. The topological polar surface area (TPSA) is 63.5 Å². The molecule has 0 bridgehead atoms. The zero-order valence-electron chi connectivity index (χ0n) is 13.1. The van der Waals surface area contributed by atoms with Crippen LogP contribution < -0.4 is 15.4 Å². The summed E-state index contributed by atoms with van der Waals surface area (Å²) in [6.45, 7) is 2.51. The molecule has 0 fully saturated rings. The number of nitrogens with zero attached hydrogens (tertiary/aromatic N) is 3. The number of rotatable bonds is 7. The number of hydrogen-bond acceptors (Lipinski definition) is 3. The molecule has 1 aromatic heterocycles. The minimum Gasteiger partial charge on any atom is -0.497 e. The highest BCUT2D eigenvalue weighted by Crippen LogP contribution is 2.11. The molecule has 6 heteroatoms. The second kappa shape index (κ2) is 8.71. The van der Waals surface area contributed by atoms with Crippen molar-refractivity contribution < 1.29 is 4.74 Å². The number of ether oxygens (including phenoxy) is 1. The molecule has 0 aliphatic heterocycles. The highest BCUT2D eigenvalue weighted by atomic mass is 16.5. The largest absolute Gasteiger partial charge is 0.497 e.